The molecular formula is C13H17N5O3S2. The smallest absolute Gasteiger partial charge is 0.238 e. The van der Waals surface area contributed by atoms with Crippen molar-refractivity contribution in [2.45, 2.75) is 29.1 Å². The van der Waals surface area contributed by atoms with Gasteiger partial charge in [-0.2, -0.15) is 0 Å². The predicted molar refractivity (Wildman–Crippen MR) is 87.5 cm³/mol. The normalized spacial score (nSPS) is 12.9. The molecule has 0 aliphatic heterocycles. The number of sulfonamides is 1. The van der Waals surface area contributed by atoms with Gasteiger partial charge in [0.25, 0.3) is 0 Å². The number of carbonyl (C=O) groups excluding carboxylic acids is 1. The third-order valence-electron chi connectivity index (χ3n) is 3.15. The zero-order chi connectivity index (χ0) is 17.2. The van der Waals surface area contributed by atoms with Crippen molar-refractivity contribution >= 4 is 33.4 Å². The Morgan fingerprint density at radius 1 is 1.30 bits per heavy atom. The lowest BCUT2D eigenvalue weighted by molar-refractivity contribution is -0.115. The average molecular weight is 355 g/mol. The summed E-state index contributed by atoms with van der Waals surface area (Å²) in [5.74, 6) is 0.540. The number of hydrogen-bond donors (Lipinski definition) is 2. The molecule has 0 bridgehead atoms. The van der Waals surface area contributed by atoms with E-state index in [0.717, 1.165) is 5.82 Å². The van der Waals surface area contributed by atoms with Gasteiger partial charge in [0.2, 0.25) is 15.9 Å². The van der Waals surface area contributed by atoms with Crippen LogP contribution < -0.4 is 10.5 Å². The molecule has 0 fully saturated rings. The summed E-state index contributed by atoms with van der Waals surface area (Å²) in [6.45, 7) is 3.58. The number of amides is 1. The van der Waals surface area contributed by atoms with Crippen LogP contribution in [0.1, 0.15) is 12.7 Å². The number of nitrogens with zero attached hydrogens (tertiary/aromatic N) is 3. The number of benzene rings is 1. The molecule has 0 aliphatic carbocycles. The maximum Gasteiger partial charge on any atom is 0.238 e. The van der Waals surface area contributed by atoms with E-state index < -0.39 is 15.3 Å². The fourth-order valence-electron chi connectivity index (χ4n) is 1.67. The third kappa shape index (κ3) is 4.30. The first-order valence-corrected chi connectivity index (χ1v) is 9.07. The predicted octanol–water partition coefficient (Wildman–Crippen LogP) is 0.890. The maximum atomic E-state index is 12.2. The average Bonchev–Trinajstić information content (AvgIpc) is 2.79. The van der Waals surface area contributed by atoms with E-state index in [1.54, 1.807) is 11.5 Å². The minimum atomic E-state index is -3.74. The Kier molecular flexibility index (Phi) is 5.07. The van der Waals surface area contributed by atoms with Crippen molar-refractivity contribution in [3.8, 4) is 0 Å². The molecule has 1 amide bonds. The van der Waals surface area contributed by atoms with Gasteiger partial charge in [-0.3, -0.25) is 4.79 Å². The monoisotopic (exact) mass is 355 g/mol. The van der Waals surface area contributed by atoms with E-state index in [4.69, 9.17) is 5.14 Å². The van der Waals surface area contributed by atoms with Gasteiger partial charge < -0.3 is 9.88 Å². The van der Waals surface area contributed by atoms with Crippen molar-refractivity contribution in [3.05, 3.63) is 30.1 Å². The molecule has 0 aliphatic rings. The quantitative estimate of drug-likeness (QED) is 0.769. The van der Waals surface area contributed by atoms with Gasteiger partial charge in [-0.1, -0.05) is 11.8 Å². The largest absolute Gasteiger partial charge is 0.325 e. The number of anilines is 1. The Morgan fingerprint density at radius 3 is 2.39 bits per heavy atom. The summed E-state index contributed by atoms with van der Waals surface area (Å²) < 4.78 is 24.2. The lowest BCUT2D eigenvalue weighted by Crippen LogP contribution is -2.23. The molecule has 0 spiro atoms. The van der Waals surface area contributed by atoms with Crippen LogP contribution in [0.2, 0.25) is 0 Å². The van der Waals surface area contributed by atoms with Crippen molar-refractivity contribution in [1.29, 1.82) is 0 Å². The summed E-state index contributed by atoms with van der Waals surface area (Å²) in [4.78, 5) is 12.2. The summed E-state index contributed by atoms with van der Waals surface area (Å²) >= 11 is 1.29. The zero-order valence-corrected chi connectivity index (χ0v) is 14.5. The van der Waals surface area contributed by atoms with Crippen LogP contribution in [0.25, 0.3) is 0 Å². The minimum absolute atomic E-state index is 0.00696. The van der Waals surface area contributed by atoms with Crippen LogP contribution in [-0.4, -0.2) is 34.3 Å². The second-order valence-corrected chi connectivity index (χ2v) is 7.78. The Balaban J connectivity index is 2.02. The molecule has 23 heavy (non-hydrogen) atoms. The maximum absolute atomic E-state index is 12.2. The van der Waals surface area contributed by atoms with Crippen LogP contribution in [-0.2, 0) is 21.9 Å². The second-order valence-electron chi connectivity index (χ2n) is 4.91. The fraction of sp³-hybridized carbons (Fsp3) is 0.308. The number of thioether (sulfide) groups is 1. The minimum Gasteiger partial charge on any atom is -0.325 e. The molecule has 124 valence electrons. The lowest BCUT2D eigenvalue weighted by Gasteiger charge is -2.11. The Bertz CT molecular complexity index is 815. The van der Waals surface area contributed by atoms with Crippen molar-refractivity contribution in [3.63, 3.8) is 0 Å². The highest BCUT2D eigenvalue weighted by atomic mass is 32.2. The van der Waals surface area contributed by atoms with E-state index >= 15 is 0 Å². The fourth-order valence-corrected chi connectivity index (χ4v) is 3.05. The topological polar surface area (TPSA) is 120 Å². The van der Waals surface area contributed by atoms with E-state index in [2.05, 4.69) is 15.5 Å². The van der Waals surface area contributed by atoms with Crippen molar-refractivity contribution in [2.24, 2.45) is 12.2 Å². The van der Waals surface area contributed by atoms with Crippen LogP contribution in [0.3, 0.4) is 0 Å². The number of hydrogen-bond acceptors (Lipinski definition) is 6. The molecule has 8 nitrogen and oxygen atoms in total. The Labute approximate surface area is 138 Å². The molecule has 2 rings (SSSR count). The van der Waals surface area contributed by atoms with Crippen LogP contribution in [0.15, 0.2) is 34.3 Å². The van der Waals surface area contributed by atoms with Gasteiger partial charge in [0, 0.05) is 12.7 Å². The van der Waals surface area contributed by atoms with Crippen LogP contribution in [0.4, 0.5) is 5.69 Å². The molecule has 10 heteroatoms. The molecule has 1 aromatic carbocycles. The summed E-state index contributed by atoms with van der Waals surface area (Å²) in [6, 6.07) is 5.66. The lowest BCUT2D eigenvalue weighted by atomic mass is 10.3. The third-order valence-corrected chi connectivity index (χ3v) is 5.22. The highest BCUT2D eigenvalue weighted by Crippen LogP contribution is 2.22. The SMILES string of the molecule is Cc1nnc(S[C@@H](C)C(=O)Nc2ccc(S(N)(=O)=O)cc2)n1C. The van der Waals surface area contributed by atoms with Gasteiger partial charge in [0.15, 0.2) is 5.16 Å². The molecule has 2 aromatic rings. The molecule has 0 unspecified atom stereocenters. The molecule has 0 radical (unpaired) electrons. The first kappa shape index (κ1) is 17.4. The molecule has 3 N–H and O–H groups in total. The number of aryl methyl sites for hydroxylation is 1. The summed E-state index contributed by atoms with van der Waals surface area (Å²) in [6.07, 6.45) is 0. The Morgan fingerprint density at radius 2 is 1.91 bits per heavy atom. The highest BCUT2D eigenvalue weighted by molar-refractivity contribution is 8.00. The summed E-state index contributed by atoms with van der Waals surface area (Å²) in [7, 11) is -1.91. The number of carbonyl (C=O) groups is 1. The standard InChI is InChI=1S/C13H17N5O3S2/c1-8(22-13-17-16-9(2)18(13)3)12(19)15-10-4-6-11(7-5-10)23(14,20)21/h4-8H,1-3H3,(H,15,19)(H2,14,20,21)/t8-/m0/s1. The van der Waals surface area contributed by atoms with Crippen molar-refractivity contribution in [2.75, 3.05) is 5.32 Å². The van der Waals surface area contributed by atoms with E-state index in [9.17, 15) is 13.2 Å². The number of primary sulfonamides is 1. The van der Waals surface area contributed by atoms with Crippen LogP contribution >= 0.6 is 11.8 Å². The van der Waals surface area contributed by atoms with Crippen LogP contribution in [0, 0.1) is 6.92 Å². The van der Waals surface area contributed by atoms with E-state index in [1.165, 1.54) is 36.0 Å². The molecular weight excluding hydrogens is 338 g/mol. The molecule has 1 heterocycles. The number of rotatable bonds is 5. The van der Waals surface area contributed by atoms with Gasteiger partial charge in [-0.25, -0.2) is 13.6 Å². The Hall–Kier alpha value is -1.91. The molecule has 0 saturated heterocycles. The van der Waals surface area contributed by atoms with E-state index in [-0.39, 0.29) is 10.8 Å². The number of nitrogens with one attached hydrogen (secondary N) is 1. The van der Waals surface area contributed by atoms with Gasteiger partial charge in [-0.15, -0.1) is 10.2 Å². The molecule has 1 aromatic heterocycles. The van der Waals surface area contributed by atoms with Gasteiger partial charge in [0.1, 0.15) is 5.82 Å². The number of nitrogens with two attached hydrogens (primary N) is 1. The second kappa shape index (κ2) is 6.69. The van der Waals surface area contributed by atoms with E-state index in [0.29, 0.717) is 10.8 Å². The van der Waals surface area contributed by atoms with Crippen molar-refractivity contribution in [1.82, 2.24) is 14.8 Å². The molecule has 1 atom stereocenters. The summed E-state index contributed by atoms with van der Waals surface area (Å²) in [5, 5.41) is 15.9. The van der Waals surface area contributed by atoms with E-state index in [1.807, 2.05) is 14.0 Å². The van der Waals surface area contributed by atoms with Crippen LogP contribution in [0.5, 0.6) is 0 Å². The first-order chi connectivity index (χ1) is 10.7. The zero-order valence-electron chi connectivity index (χ0n) is 12.8. The van der Waals surface area contributed by atoms with Gasteiger partial charge >= 0.3 is 0 Å². The molecule has 0 saturated carbocycles. The number of aromatic nitrogens is 3. The first-order valence-electron chi connectivity index (χ1n) is 6.65. The highest BCUT2D eigenvalue weighted by Gasteiger charge is 2.18. The van der Waals surface area contributed by atoms with Gasteiger partial charge in [0.05, 0.1) is 10.1 Å². The summed E-state index contributed by atoms with van der Waals surface area (Å²) in [5.41, 5.74) is 0.490. The van der Waals surface area contributed by atoms with Crippen molar-refractivity contribution < 1.29 is 13.2 Å². The van der Waals surface area contributed by atoms with Gasteiger partial charge in [-0.05, 0) is 38.1 Å².